The maximum absolute atomic E-state index is 9.47. The molecule has 90 valence electrons. The van der Waals surface area contributed by atoms with E-state index in [0.29, 0.717) is 17.2 Å². The molecule has 0 saturated heterocycles. The monoisotopic (exact) mass is 240 g/mol. The molecule has 1 heterocycles. The van der Waals surface area contributed by atoms with E-state index in [-0.39, 0.29) is 0 Å². The molecular weight excluding hydrogens is 228 g/mol. The molecule has 0 bridgehead atoms. The van der Waals surface area contributed by atoms with E-state index in [4.69, 9.17) is 10.00 Å². The number of nitriles is 1. The van der Waals surface area contributed by atoms with Crippen LogP contribution >= 0.6 is 0 Å². The number of aliphatic hydroxyl groups excluding tert-OH is 1. The molecule has 1 aromatic carbocycles. The van der Waals surface area contributed by atoms with Crippen LogP contribution in [0.4, 0.5) is 0 Å². The molecule has 4 heteroatoms. The number of aromatic nitrogens is 1. The molecule has 1 aromatic heterocycles. The Hall–Kier alpha value is -2.38. The second kappa shape index (κ2) is 5.30. The number of hydrogen-bond donors (Lipinski definition) is 1. The molecule has 2 aromatic rings. The first-order valence-electron chi connectivity index (χ1n) is 5.51. The van der Waals surface area contributed by atoms with Crippen LogP contribution < -0.4 is 4.74 Å². The quantitative estimate of drug-likeness (QED) is 0.895. The summed E-state index contributed by atoms with van der Waals surface area (Å²) in [7, 11) is 0. The van der Waals surface area contributed by atoms with Gasteiger partial charge in [0.2, 0.25) is 5.88 Å². The molecule has 0 fully saturated rings. The summed E-state index contributed by atoms with van der Waals surface area (Å²) in [4.78, 5) is 4.06. The van der Waals surface area contributed by atoms with Crippen LogP contribution in [0.3, 0.4) is 0 Å². The van der Waals surface area contributed by atoms with Crippen molar-refractivity contribution in [3.05, 3.63) is 53.7 Å². The number of nitrogens with zero attached hydrogens (tertiary/aromatic N) is 2. The van der Waals surface area contributed by atoms with Crippen LogP contribution in [0, 0.1) is 11.3 Å². The third kappa shape index (κ3) is 2.84. The number of ether oxygens (including phenoxy) is 1. The molecule has 0 aliphatic heterocycles. The smallest absolute Gasteiger partial charge is 0.219 e. The Morgan fingerprint density at radius 1 is 1.33 bits per heavy atom. The third-order valence-corrected chi connectivity index (χ3v) is 2.43. The van der Waals surface area contributed by atoms with Crippen molar-refractivity contribution in [1.82, 2.24) is 4.98 Å². The lowest BCUT2D eigenvalue weighted by atomic mass is 10.2. The zero-order valence-corrected chi connectivity index (χ0v) is 9.87. The van der Waals surface area contributed by atoms with Crippen molar-refractivity contribution >= 4 is 0 Å². The normalized spacial score (nSPS) is 11.6. The van der Waals surface area contributed by atoms with Gasteiger partial charge in [0.25, 0.3) is 0 Å². The van der Waals surface area contributed by atoms with Gasteiger partial charge >= 0.3 is 0 Å². The molecule has 0 unspecified atom stereocenters. The van der Waals surface area contributed by atoms with Gasteiger partial charge in [0.1, 0.15) is 5.75 Å². The fourth-order valence-corrected chi connectivity index (χ4v) is 1.49. The molecule has 1 atom stereocenters. The lowest BCUT2D eigenvalue weighted by Gasteiger charge is -2.08. The van der Waals surface area contributed by atoms with E-state index < -0.39 is 6.10 Å². The van der Waals surface area contributed by atoms with E-state index in [9.17, 15) is 5.11 Å². The number of benzene rings is 1. The maximum Gasteiger partial charge on any atom is 0.219 e. The minimum atomic E-state index is -0.569. The highest BCUT2D eigenvalue weighted by atomic mass is 16.5. The minimum Gasteiger partial charge on any atom is -0.439 e. The summed E-state index contributed by atoms with van der Waals surface area (Å²) in [5.41, 5.74) is 1.26. The number of pyridine rings is 1. The van der Waals surface area contributed by atoms with Crippen molar-refractivity contribution in [3.8, 4) is 17.7 Å². The van der Waals surface area contributed by atoms with E-state index >= 15 is 0 Å². The molecule has 0 spiro atoms. The van der Waals surface area contributed by atoms with Crippen molar-refractivity contribution in [1.29, 1.82) is 5.26 Å². The van der Waals surface area contributed by atoms with Gasteiger partial charge in [0.15, 0.2) is 0 Å². The fourth-order valence-electron chi connectivity index (χ4n) is 1.49. The van der Waals surface area contributed by atoms with Crippen LogP contribution in [0.5, 0.6) is 11.6 Å². The van der Waals surface area contributed by atoms with Gasteiger partial charge in [0, 0.05) is 12.3 Å². The van der Waals surface area contributed by atoms with Crippen molar-refractivity contribution in [2.45, 2.75) is 13.0 Å². The molecule has 18 heavy (non-hydrogen) atoms. The second-order valence-electron chi connectivity index (χ2n) is 3.85. The predicted molar refractivity (Wildman–Crippen MR) is 66.1 cm³/mol. The first-order chi connectivity index (χ1) is 8.69. The van der Waals surface area contributed by atoms with Gasteiger partial charge in [-0.15, -0.1) is 0 Å². The van der Waals surface area contributed by atoms with Gasteiger partial charge < -0.3 is 9.84 Å². The molecule has 0 aliphatic rings. The summed E-state index contributed by atoms with van der Waals surface area (Å²) >= 11 is 0. The van der Waals surface area contributed by atoms with Crippen molar-refractivity contribution in [2.24, 2.45) is 0 Å². The van der Waals surface area contributed by atoms with Crippen LogP contribution in [0.15, 0.2) is 42.6 Å². The lowest BCUT2D eigenvalue weighted by molar-refractivity contribution is 0.198. The minimum absolute atomic E-state index is 0.392. The van der Waals surface area contributed by atoms with Gasteiger partial charge in [-0.2, -0.15) is 5.26 Å². The van der Waals surface area contributed by atoms with Gasteiger partial charge in [0.05, 0.1) is 17.7 Å². The largest absolute Gasteiger partial charge is 0.439 e. The Balaban J connectivity index is 2.23. The Labute approximate surface area is 105 Å². The zero-order chi connectivity index (χ0) is 13.0. The first kappa shape index (κ1) is 12.1. The highest BCUT2D eigenvalue weighted by Crippen LogP contribution is 2.22. The van der Waals surface area contributed by atoms with Crippen molar-refractivity contribution < 1.29 is 9.84 Å². The molecular formula is C14H12N2O2. The molecule has 4 nitrogen and oxygen atoms in total. The van der Waals surface area contributed by atoms with Gasteiger partial charge in [-0.05, 0) is 36.8 Å². The van der Waals surface area contributed by atoms with Gasteiger partial charge in [-0.3, -0.25) is 0 Å². The Morgan fingerprint density at radius 2 is 2.17 bits per heavy atom. The summed E-state index contributed by atoms with van der Waals surface area (Å²) < 4.78 is 5.54. The van der Waals surface area contributed by atoms with Gasteiger partial charge in [-0.1, -0.05) is 6.07 Å². The average Bonchev–Trinajstić information content (AvgIpc) is 2.39. The number of aliphatic hydroxyl groups is 1. The molecule has 0 amide bonds. The van der Waals surface area contributed by atoms with Crippen LogP contribution in [-0.4, -0.2) is 10.1 Å². The predicted octanol–water partition coefficient (Wildman–Crippen LogP) is 2.80. The van der Waals surface area contributed by atoms with Crippen LogP contribution in [0.1, 0.15) is 24.2 Å². The van der Waals surface area contributed by atoms with Crippen LogP contribution in [-0.2, 0) is 0 Å². The molecule has 0 radical (unpaired) electrons. The van der Waals surface area contributed by atoms with E-state index in [1.54, 1.807) is 49.5 Å². The SMILES string of the molecule is C[C@H](O)c1ccnc(Oc2cccc(C#N)c2)c1. The summed E-state index contributed by atoms with van der Waals surface area (Å²) in [5, 5.41) is 18.3. The van der Waals surface area contributed by atoms with E-state index in [1.165, 1.54) is 0 Å². The summed E-state index contributed by atoms with van der Waals surface area (Å²) in [6.45, 7) is 1.68. The lowest BCUT2D eigenvalue weighted by Crippen LogP contribution is -1.94. The highest BCUT2D eigenvalue weighted by Gasteiger charge is 2.04. The van der Waals surface area contributed by atoms with Crippen molar-refractivity contribution in [3.63, 3.8) is 0 Å². The van der Waals surface area contributed by atoms with Crippen LogP contribution in [0.2, 0.25) is 0 Å². The zero-order valence-electron chi connectivity index (χ0n) is 9.87. The average molecular weight is 240 g/mol. The van der Waals surface area contributed by atoms with E-state index in [2.05, 4.69) is 4.98 Å². The standard InChI is InChI=1S/C14H12N2O2/c1-10(17)12-5-6-16-14(8-12)18-13-4-2-3-11(7-13)9-15/h2-8,10,17H,1H3/t10-/m0/s1. The summed E-state index contributed by atoms with van der Waals surface area (Å²) in [6, 6.07) is 12.3. The Bertz CT molecular complexity index is 588. The van der Waals surface area contributed by atoms with E-state index in [1.807, 2.05) is 6.07 Å². The van der Waals surface area contributed by atoms with E-state index in [0.717, 1.165) is 5.56 Å². The number of rotatable bonds is 3. The molecule has 1 N–H and O–H groups in total. The third-order valence-electron chi connectivity index (χ3n) is 2.43. The Morgan fingerprint density at radius 3 is 2.89 bits per heavy atom. The molecule has 0 aliphatic carbocycles. The van der Waals surface area contributed by atoms with Crippen molar-refractivity contribution in [2.75, 3.05) is 0 Å². The first-order valence-corrected chi connectivity index (χ1v) is 5.51. The summed E-state index contributed by atoms with van der Waals surface area (Å²) in [6.07, 6.45) is 1.01. The molecule has 0 saturated carbocycles. The summed E-state index contributed by atoms with van der Waals surface area (Å²) in [5.74, 6) is 0.938. The topological polar surface area (TPSA) is 66.1 Å². The molecule has 2 rings (SSSR count). The second-order valence-corrected chi connectivity index (χ2v) is 3.85. The maximum atomic E-state index is 9.47. The van der Waals surface area contributed by atoms with Gasteiger partial charge in [-0.25, -0.2) is 4.98 Å². The van der Waals surface area contributed by atoms with Crippen LogP contribution in [0.25, 0.3) is 0 Å². The fraction of sp³-hybridized carbons (Fsp3) is 0.143. The highest BCUT2D eigenvalue weighted by molar-refractivity contribution is 5.38. The number of hydrogen-bond acceptors (Lipinski definition) is 4. The Kier molecular flexibility index (Phi) is 3.56.